The number of amides is 1. The molecule has 0 aliphatic carbocycles. The highest BCUT2D eigenvalue weighted by Crippen LogP contribution is 2.33. The van der Waals surface area contributed by atoms with Crippen LogP contribution in [0.4, 0.5) is 5.69 Å². The molecular weight excluding hydrogens is 456 g/mol. The third-order valence-electron chi connectivity index (χ3n) is 5.52. The number of nitrogens with one attached hydrogen (secondary N) is 1. The first-order valence-electron chi connectivity index (χ1n) is 10.6. The maximum Gasteiger partial charge on any atom is 0.262 e. The van der Waals surface area contributed by atoms with Crippen molar-refractivity contribution >= 4 is 27.3 Å². The van der Waals surface area contributed by atoms with Gasteiger partial charge in [-0.15, -0.1) is 0 Å². The van der Waals surface area contributed by atoms with Crippen LogP contribution in [0.15, 0.2) is 81.3 Å². The van der Waals surface area contributed by atoms with E-state index in [2.05, 4.69) is 10.4 Å². The van der Waals surface area contributed by atoms with Crippen molar-refractivity contribution in [3.8, 4) is 5.75 Å². The van der Waals surface area contributed by atoms with Gasteiger partial charge in [-0.05, 0) is 60.2 Å². The molecular formula is C24H26N4O5S. The molecule has 178 valence electrons. The van der Waals surface area contributed by atoms with Gasteiger partial charge in [0.15, 0.2) is 0 Å². The lowest BCUT2D eigenvalue weighted by atomic mass is 10.0. The van der Waals surface area contributed by atoms with Crippen LogP contribution in [-0.2, 0) is 14.8 Å². The standard InChI is InChI=1S/C24H26N4O5S/c1-27(2)34(30,31)20-7-4-6-18(14-20)25-16-24(29)28-22(23-8-5-13-33-23)15-21(26-28)17-9-11-19(32-3)12-10-17/h4-14,22,25H,15-16H2,1-3H3. The van der Waals surface area contributed by atoms with Gasteiger partial charge in [-0.2, -0.15) is 5.10 Å². The van der Waals surface area contributed by atoms with Crippen molar-refractivity contribution < 1.29 is 22.4 Å². The lowest BCUT2D eigenvalue weighted by Gasteiger charge is -2.20. The zero-order chi connectivity index (χ0) is 24.3. The Morgan fingerprint density at radius 1 is 1.18 bits per heavy atom. The molecule has 1 aliphatic heterocycles. The van der Waals surface area contributed by atoms with Crippen LogP contribution >= 0.6 is 0 Å². The van der Waals surface area contributed by atoms with Crippen molar-refractivity contribution in [1.82, 2.24) is 9.31 Å². The smallest absolute Gasteiger partial charge is 0.262 e. The predicted octanol–water partition coefficient (Wildman–Crippen LogP) is 3.33. The minimum atomic E-state index is -3.58. The first kappa shape index (κ1) is 23.5. The Hall–Kier alpha value is -3.63. The largest absolute Gasteiger partial charge is 0.497 e. The minimum Gasteiger partial charge on any atom is -0.497 e. The van der Waals surface area contributed by atoms with Crippen molar-refractivity contribution in [2.75, 3.05) is 33.1 Å². The lowest BCUT2D eigenvalue weighted by Crippen LogP contribution is -2.32. The fourth-order valence-electron chi connectivity index (χ4n) is 3.64. The Morgan fingerprint density at radius 2 is 1.94 bits per heavy atom. The van der Waals surface area contributed by atoms with E-state index in [1.165, 1.54) is 31.2 Å². The number of carbonyl (C=O) groups excluding carboxylic acids is 1. The summed E-state index contributed by atoms with van der Waals surface area (Å²) in [6.07, 6.45) is 2.07. The maximum absolute atomic E-state index is 13.2. The second-order valence-electron chi connectivity index (χ2n) is 7.92. The molecule has 9 nitrogen and oxygen atoms in total. The van der Waals surface area contributed by atoms with E-state index in [0.717, 1.165) is 21.3 Å². The molecule has 4 rings (SSSR count). The van der Waals surface area contributed by atoms with Crippen molar-refractivity contribution in [3.63, 3.8) is 0 Å². The van der Waals surface area contributed by atoms with Crippen LogP contribution in [0.5, 0.6) is 5.75 Å². The summed E-state index contributed by atoms with van der Waals surface area (Å²) in [5, 5.41) is 9.04. The molecule has 1 amide bonds. The summed E-state index contributed by atoms with van der Waals surface area (Å²) in [5.74, 6) is 1.10. The van der Waals surface area contributed by atoms with Crippen molar-refractivity contribution in [3.05, 3.63) is 78.3 Å². The summed E-state index contributed by atoms with van der Waals surface area (Å²) in [6.45, 7) is -0.0674. The number of ether oxygens (including phenoxy) is 1. The number of sulfonamides is 1. The van der Waals surface area contributed by atoms with Crippen LogP contribution in [0.1, 0.15) is 23.8 Å². The number of benzene rings is 2. The number of hydrogen-bond donors (Lipinski definition) is 1. The first-order valence-corrected chi connectivity index (χ1v) is 12.1. The van der Waals surface area contributed by atoms with Gasteiger partial charge in [0.2, 0.25) is 10.0 Å². The van der Waals surface area contributed by atoms with Crippen LogP contribution < -0.4 is 10.1 Å². The Bertz CT molecular complexity index is 1290. The Morgan fingerprint density at radius 3 is 2.59 bits per heavy atom. The van der Waals surface area contributed by atoms with E-state index < -0.39 is 10.0 Å². The minimum absolute atomic E-state index is 0.0674. The summed E-state index contributed by atoms with van der Waals surface area (Å²) < 4.78 is 36.7. The summed E-state index contributed by atoms with van der Waals surface area (Å²) in [6, 6.07) is 17.1. The highest BCUT2D eigenvalue weighted by Gasteiger charge is 2.34. The third kappa shape index (κ3) is 4.82. The van der Waals surface area contributed by atoms with Gasteiger partial charge in [-0.25, -0.2) is 17.7 Å². The van der Waals surface area contributed by atoms with E-state index in [0.29, 0.717) is 17.9 Å². The average molecular weight is 483 g/mol. The van der Waals surface area contributed by atoms with Crippen LogP contribution in [-0.4, -0.2) is 57.1 Å². The number of carbonyl (C=O) groups is 1. The maximum atomic E-state index is 13.2. The molecule has 0 radical (unpaired) electrons. The van der Waals surface area contributed by atoms with Gasteiger partial charge in [0.05, 0.1) is 30.5 Å². The van der Waals surface area contributed by atoms with Gasteiger partial charge in [-0.3, -0.25) is 4.79 Å². The zero-order valence-electron chi connectivity index (χ0n) is 19.1. The molecule has 0 fully saturated rings. The van der Waals surface area contributed by atoms with Crippen LogP contribution in [0.2, 0.25) is 0 Å². The molecule has 0 spiro atoms. The summed E-state index contributed by atoms with van der Waals surface area (Å²) in [4.78, 5) is 13.3. The molecule has 0 bridgehead atoms. The number of hydrogen-bond acceptors (Lipinski definition) is 7. The molecule has 1 aromatic heterocycles. The normalized spacial score (nSPS) is 15.9. The molecule has 3 aromatic rings. The zero-order valence-corrected chi connectivity index (χ0v) is 20.0. The molecule has 1 aliphatic rings. The van der Waals surface area contributed by atoms with Gasteiger partial charge in [0.1, 0.15) is 17.6 Å². The summed E-state index contributed by atoms with van der Waals surface area (Å²) in [7, 11) is 0.968. The van der Waals surface area contributed by atoms with Crippen LogP contribution in [0, 0.1) is 0 Å². The molecule has 1 atom stereocenters. The fourth-order valence-corrected chi connectivity index (χ4v) is 4.58. The van der Waals surface area contributed by atoms with Gasteiger partial charge >= 0.3 is 0 Å². The Balaban J connectivity index is 1.53. The molecule has 34 heavy (non-hydrogen) atoms. The monoisotopic (exact) mass is 482 g/mol. The Kier molecular flexibility index (Phi) is 6.71. The quantitative estimate of drug-likeness (QED) is 0.528. The molecule has 0 saturated carbocycles. The highest BCUT2D eigenvalue weighted by atomic mass is 32.2. The average Bonchev–Trinajstić information content (AvgIpc) is 3.53. The van der Waals surface area contributed by atoms with Gasteiger partial charge in [-0.1, -0.05) is 6.07 Å². The molecule has 1 N–H and O–H groups in total. The van der Waals surface area contributed by atoms with Crippen molar-refractivity contribution in [2.24, 2.45) is 5.10 Å². The number of hydrazone groups is 1. The third-order valence-corrected chi connectivity index (χ3v) is 7.33. The molecule has 10 heteroatoms. The van der Waals surface area contributed by atoms with Gasteiger partial charge in [0.25, 0.3) is 5.91 Å². The van der Waals surface area contributed by atoms with E-state index in [4.69, 9.17) is 9.15 Å². The number of furan rings is 1. The van der Waals surface area contributed by atoms with Crippen LogP contribution in [0.25, 0.3) is 0 Å². The second kappa shape index (κ2) is 9.70. The topological polar surface area (TPSA) is 104 Å². The summed E-state index contributed by atoms with van der Waals surface area (Å²) >= 11 is 0. The van der Waals surface area contributed by atoms with Gasteiger partial charge in [0, 0.05) is 26.2 Å². The number of nitrogens with zero attached hydrogens (tertiary/aromatic N) is 3. The molecule has 2 heterocycles. The predicted molar refractivity (Wildman–Crippen MR) is 128 cm³/mol. The highest BCUT2D eigenvalue weighted by molar-refractivity contribution is 7.89. The van der Waals surface area contributed by atoms with Gasteiger partial charge < -0.3 is 14.5 Å². The molecule has 0 saturated heterocycles. The van der Waals surface area contributed by atoms with E-state index in [1.807, 2.05) is 30.3 Å². The number of rotatable bonds is 8. The van der Waals surface area contributed by atoms with Crippen LogP contribution in [0.3, 0.4) is 0 Å². The first-order chi connectivity index (χ1) is 16.3. The van der Waals surface area contributed by atoms with E-state index in [1.54, 1.807) is 31.6 Å². The van der Waals surface area contributed by atoms with Crippen molar-refractivity contribution in [1.29, 1.82) is 0 Å². The van der Waals surface area contributed by atoms with E-state index in [9.17, 15) is 13.2 Å². The van der Waals surface area contributed by atoms with E-state index in [-0.39, 0.29) is 23.4 Å². The SMILES string of the molecule is COc1ccc(C2=NN(C(=O)CNc3cccc(S(=O)(=O)N(C)C)c3)C(c3ccco3)C2)cc1. The number of anilines is 1. The van der Waals surface area contributed by atoms with Crippen molar-refractivity contribution in [2.45, 2.75) is 17.4 Å². The number of methoxy groups -OCH3 is 1. The molecule has 2 aromatic carbocycles. The second-order valence-corrected chi connectivity index (χ2v) is 10.1. The fraction of sp³-hybridized carbons (Fsp3) is 0.250. The lowest BCUT2D eigenvalue weighted by molar-refractivity contribution is -0.131. The summed E-state index contributed by atoms with van der Waals surface area (Å²) in [5.41, 5.74) is 2.17. The van der Waals surface area contributed by atoms with E-state index >= 15 is 0 Å². The molecule has 1 unspecified atom stereocenters. The Labute approximate surface area is 198 Å².